The monoisotopic (exact) mass is 538 g/mol. The van der Waals surface area contributed by atoms with Crippen LogP contribution in [-0.2, 0) is 11.2 Å². The summed E-state index contributed by atoms with van der Waals surface area (Å²) in [6.07, 6.45) is 7.70. The number of carbonyl (C=O) groups excluding carboxylic acids is 2. The van der Waals surface area contributed by atoms with Crippen LogP contribution >= 0.6 is 11.6 Å². The molecule has 2 fully saturated rings. The van der Waals surface area contributed by atoms with Crippen LogP contribution in [0.5, 0.6) is 0 Å². The van der Waals surface area contributed by atoms with Crippen molar-refractivity contribution in [3.05, 3.63) is 58.8 Å². The maximum atomic E-state index is 14.3. The first-order valence-electron chi connectivity index (χ1n) is 13.5. The molecule has 3 heterocycles. The fourth-order valence-corrected chi connectivity index (χ4v) is 6.48. The van der Waals surface area contributed by atoms with E-state index >= 15 is 0 Å². The van der Waals surface area contributed by atoms with Crippen molar-refractivity contribution in [3.63, 3.8) is 0 Å². The van der Waals surface area contributed by atoms with Crippen LogP contribution in [0.3, 0.4) is 0 Å². The van der Waals surface area contributed by atoms with Gasteiger partial charge in [0.1, 0.15) is 11.6 Å². The summed E-state index contributed by atoms with van der Waals surface area (Å²) in [6.45, 7) is 10.3. The zero-order valence-corrected chi connectivity index (χ0v) is 23.5. The highest BCUT2D eigenvalue weighted by molar-refractivity contribution is 6.35. The zero-order valence-electron chi connectivity index (χ0n) is 22.7. The Hall–Kier alpha value is -2.77. The molecule has 0 radical (unpaired) electrons. The Morgan fingerprint density at radius 2 is 1.89 bits per heavy atom. The van der Waals surface area contributed by atoms with Crippen molar-refractivity contribution in [3.8, 4) is 5.69 Å². The fraction of sp³-hybridized carbons (Fsp3) is 0.500. The molecule has 0 spiro atoms. The van der Waals surface area contributed by atoms with Crippen LogP contribution in [0.2, 0.25) is 5.02 Å². The maximum absolute atomic E-state index is 14.3. The molecule has 1 aromatic carbocycles. The highest BCUT2D eigenvalue weighted by Crippen LogP contribution is 2.39. The molecule has 38 heavy (non-hydrogen) atoms. The van der Waals surface area contributed by atoms with Crippen molar-refractivity contribution in [2.24, 2.45) is 17.8 Å². The molecule has 1 aliphatic carbocycles. The summed E-state index contributed by atoms with van der Waals surface area (Å²) in [7, 11) is 1.73. The lowest BCUT2D eigenvalue weighted by Crippen LogP contribution is -2.58. The number of hydrogen-bond acceptors (Lipinski definition) is 4. The molecule has 2 aromatic heterocycles. The summed E-state index contributed by atoms with van der Waals surface area (Å²) in [5.74, 6) is 1.14. The summed E-state index contributed by atoms with van der Waals surface area (Å²) >= 11 is 6.68. The summed E-state index contributed by atoms with van der Waals surface area (Å²) < 4.78 is 16.3. The Labute approximate surface area is 228 Å². The Morgan fingerprint density at radius 3 is 2.53 bits per heavy atom. The van der Waals surface area contributed by atoms with Crippen LogP contribution in [0.1, 0.15) is 56.5 Å². The van der Waals surface area contributed by atoms with Crippen molar-refractivity contribution in [1.29, 1.82) is 0 Å². The first-order chi connectivity index (χ1) is 18.0. The van der Waals surface area contributed by atoms with Gasteiger partial charge in [-0.25, -0.2) is 4.39 Å². The number of halogens is 2. The normalized spacial score (nSPS) is 17.8. The molecule has 3 aromatic rings. The van der Waals surface area contributed by atoms with Crippen LogP contribution < -0.4 is 0 Å². The number of carbonyl (C=O) groups is 2. The van der Waals surface area contributed by atoms with Gasteiger partial charge in [-0.15, -0.1) is 0 Å². The van der Waals surface area contributed by atoms with Crippen molar-refractivity contribution in [1.82, 2.24) is 19.4 Å². The van der Waals surface area contributed by atoms with Crippen LogP contribution in [-0.4, -0.2) is 63.3 Å². The summed E-state index contributed by atoms with van der Waals surface area (Å²) in [6, 6.07) is 4.76. The van der Waals surface area contributed by atoms with E-state index in [0.29, 0.717) is 58.7 Å². The summed E-state index contributed by atoms with van der Waals surface area (Å²) in [5, 5.41) is 1.49. The lowest BCUT2D eigenvalue weighted by molar-refractivity contribution is -0.131. The number of hydrogen-bond donors (Lipinski definition) is 0. The number of amides is 1. The molecule has 1 saturated heterocycles. The minimum atomic E-state index is -0.454. The number of benzene rings is 1. The number of pyridine rings is 1. The van der Waals surface area contributed by atoms with Gasteiger partial charge in [-0.2, -0.15) is 0 Å². The average molecular weight is 539 g/mol. The predicted octanol–water partition coefficient (Wildman–Crippen LogP) is 5.78. The minimum Gasteiger partial charge on any atom is -0.339 e. The molecule has 2 aliphatic rings. The van der Waals surface area contributed by atoms with Gasteiger partial charge < -0.3 is 9.47 Å². The average Bonchev–Trinajstić information content (AvgIpc) is 3.19. The highest BCUT2D eigenvalue weighted by Gasteiger charge is 2.42. The van der Waals surface area contributed by atoms with Crippen molar-refractivity contribution >= 4 is 34.2 Å². The van der Waals surface area contributed by atoms with E-state index in [1.165, 1.54) is 12.1 Å². The van der Waals surface area contributed by atoms with Crippen LogP contribution in [0.15, 0.2) is 36.8 Å². The molecule has 1 aliphatic heterocycles. The maximum Gasteiger partial charge on any atom is 0.256 e. The van der Waals surface area contributed by atoms with Gasteiger partial charge in [-0.05, 0) is 61.8 Å². The molecular weight excluding hydrogens is 503 g/mol. The molecule has 0 bridgehead atoms. The standard InChI is InChI=1S/C30H36ClFN4O2/c1-17(2)29(20-9-23(37)10-20)35-14-19(15-35)8-21-16-36(27-13-33-12-25(31)28(21)27)26-7-6-22(32)11-24(26)30(38)34(5)18(3)4/h6-7,11-13,16-20,29H,8-10,14-15H2,1-5H3. The number of rotatable bonds is 8. The van der Waals surface area contributed by atoms with Gasteiger partial charge in [0.25, 0.3) is 5.91 Å². The van der Waals surface area contributed by atoms with Gasteiger partial charge in [0.05, 0.1) is 28.0 Å². The van der Waals surface area contributed by atoms with Gasteiger partial charge in [0.15, 0.2) is 0 Å². The lowest BCUT2D eigenvalue weighted by atomic mass is 9.72. The first kappa shape index (κ1) is 26.8. The lowest BCUT2D eigenvalue weighted by Gasteiger charge is -2.50. The molecule has 6 nitrogen and oxygen atoms in total. The van der Waals surface area contributed by atoms with Gasteiger partial charge in [0, 0.05) is 62.8 Å². The van der Waals surface area contributed by atoms with E-state index in [2.05, 4.69) is 23.7 Å². The largest absolute Gasteiger partial charge is 0.339 e. The van der Waals surface area contributed by atoms with Gasteiger partial charge in [0.2, 0.25) is 0 Å². The molecule has 202 valence electrons. The molecule has 0 N–H and O–H groups in total. The van der Waals surface area contributed by atoms with Gasteiger partial charge >= 0.3 is 0 Å². The van der Waals surface area contributed by atoms with E-state index in [4.69, 9.17) is 11.6 Å². The van der Waals surface area contributed by atoms with Crippen LogP contribution in [0.4, 0.5) is 4.39 Å². The highest BCUT2D eigenvalue weighted by atomic mass is 35.5. The third-order valence-electron chi connectivity index (χ3n) is 8.35. The smallest absolute Gasteiger partial charge is 0.256 e. The van der Waals surface area contributed by atoms with E-state index in [-0.39, 0.29) is 11.9 Å². The third kappa shape index (κ3) is 4.87. The van der Waals surface area contributed by atoms with E-state index < -0.39 is 5.82 Å². The molecule has 1 atom stereocenters. The second-order valence-corrected chi connectivity index (χ2v) is 12.1. The molecular formula is C30H36ClFN4O2. The summed E-state index contributed by atoms with van der Waals surface area (Å²) in [4.78, 5) is 33.4. The number of likely N-dealkylation sites (tertiary alicyclic amines) is 1. The fourth-order valence-electron chi connectivity index (χ4n) is 6.21. The number of Topliss-reactive ketones (excluding diaryl/α,β-unsaturated/α-hetero) is 1. The predicted molar refractivity (Wildman–Crippen MR) is 148 cm³/mol. The summed E-state index contributed by atoms with van der Waals surface area (Å²) in [5.41, 5.74) is 2.80. The number of fused-ring (bicyclic) bond motifs is 1. The van der Waals surface area contributed by atoms with Crippen LogP contribution in [0, 0.1) is 23.6 Å². The van der Waals surface area contributed by atoms with Gasteiger partial charge in [-0.1, -0.05) is 25.4 Å². The second kappa shape index (κ2) is 10.4. The number of ketones is 1. The third-order valence-corrected chi connectivity index (χ3v) is 8.64. The van der Waals surface area contributed by atoms with Crippen molar-refractivity contribution < 1.29 is 14.0 Å². The quantitative estimate of drug-likeness (QED) is 0.365. The number of nitrogens with zero attached hydrogens (tertiary/aromatic N) is 4. The van der Waals surface area contributed by atoms with E-state index in [0.717, 1.165) is 36.0 Å². The molecule has 1 saturated carbocycles. The topological polar surface area (TPSA) is 58.4 Å². The van der Waals surface area contributed by atoms with Crippen molar-refractivity contribution in [2.45, 2.75) is 59.0 Å². The molecule has 5 rings (SSSR count). The Balaban J connectivity index is 1.45. The van der Waals surface area contributed by atoms with E-state index in [1.54, 1.807) is 30.4 Å². The SMILES string of the molecule is CC(C)C(C1CC(=O)C1)N1CC(Cc2cn(-c3ccc(F)cc3C(=O)N(C)C(C)C)c3cncc(Cl)c23)C1. The Bertz CT molecular complexity index is 1370. The van der Waals surface area contributed by atoms with Gasteiger partial charge in [-0.3, -0.25) is 19.5 Å². The van der Waals surface area contributed by atoms with Crippen LogP contribution in [0.25, 0.3) is 16.6 Å². The molecule has 1 amide bonds. The number of aromatic nitrogens is 2. The van der Waals surface area contributed by atoms with Crippen molar-refractivity contribution in [2.75, 3.05) is 20.1 Å². The Kier molecular flexibility index (Phi) is 7.35. The zero-order chi connectivity index (χ0) is 27.3. The molecule has 8 heteroatoms. The van der Waals surface area contributed by atoms with E-state index in [1.807, 2.05) is 24.6 Å². The Morgan fingerprint density at radius 1 is 1.18 bits per heavy atom. The second-order valence-electron chi connectivity index (χ2n) is 11.7. The van der Waals surface area contributed by atoms with E-state index in [9.17, 15) is 14.0 Å². The minimum absolute atomic E-state index is 0.0269. The molecule has 1 unspecified atom stereocenters. The first-order valence-corrected chi connectivity index (χ1v) is 13.9.